The second-order valence-corrected chi connectivity index (χ2v) is 12.8. The van der Waals surface area contributed by atoms with Crippen LogP contribution in [0.2, 0.25) is 0 Å². The van der Waals surface area contributed by atoms with Crippen LogP contribution in [0.5, 0.6) is 0 Å². The summed E-state index contributed by atoms with van der Waals surface area (Å²) in [6.07, 6.45) is 0. The van der Waals surface area contributed by atoms with E-state index in [9.17, 15) is 0 Å². The van der Waals surface area contributed by atoms with Crippen LogP contribution in [0.15, 0.2) is 186 Å². The minimum Gasteiger partial charge on any atom is -0.456 e. The third-order valence-electron chi connectivity index (χ3n) is 10.1. The van der Waals surface area contributed by atoms with Gasteiger partial charge in [0.2, 0.25) is 0 Å². The van der Waals surface area contributed by atoms with Gasteiger partial charge in [0.15, 0.2) is 0 Å². The molecule has 0 radical (unpaired) electrons. The lowest BCUT2D eigenvalue weighted by Crippen LogP contribution is -1.91. The van der Waals surface area contributed by atoms with Crippen molar-refractivity contribution in [2.24, 2.45) is 0 Å². The van der Waals surface area contributed by atoms with Crippen molar-refractivity contribution in [2.75, 3.05) is 0 Å². The van der Waals surface area contributed by atoms with Gasteiger partial charge in [-0.3, -0.25) is 0 Å². The van der Waals surface area contributed by atoms with Crippen molar-refractivity contribution < 1.29 is 4.42 Å². The lowest BCUT2D eigenvalue weighted by molar-refractivity contribution is 0.669. The Bertz CT molecular complexity index is 2800. The molecule has 1 heterocycles. The van der Waals surface area contributed by atoms with E-state index in [1.54, 1.807) is 0 Å². The molecule has 0 bridgehead atoms. The highest BCUT2D eigenvalue weighted by atomic mass is 16.3. The number of rotatable bonds is 4. The van der Waals surface area contributed by atoms with Crippen LogP contribution < -0.4 is 0 Å². The first-order valence-electron chi connectivity index (χ1n) is 16.8. The Kier molecular flexibility index (Phi) is 6.25. The monoisotopic (exact) mass is 622 g/mol. The third kappa shape index (κ3) is 4.47. The van der Waals surface area contributed by atoms with E-state index < -0.39 is 0 Å². The molecule has 0 aliphatic carbocycles. The van der Waals surface area contributed by atoms with Crippen molar-refractivity contribution >= 4 is 54.3 Å². The minimum atomic E-state index is 0.912. The lowest BCUT2D eigenvalue weighted by Gasteiger charge is -2.18. The van der Waals surface area contributed by atoms with Crippen LogP contribution in [0.25, 0.3) is 98.8 Å². The summed E-state index contributed by atoms with van der Waals surface area (Å²) >= 11 is 0. The number of benzene rings is 9. The molecule has 0 aliphatic rings. The first-order valence-corrected chi connectivity index (χ1v) is 16.8. The Labute approximate surface area is 284 Å². The van der Waals surface area contributed by atoms with Crippen LogP contribution in [0, 0.1) is 0 Å². The second-order valence-electron chi connectivity index (χ2n) is 12.8. The number of furan rings is 1. The number of hydrogen-bond donors (Lipinski definition) is 0. The molecule has 0 atom stereocenters. The predicted octanol–water partition coefficient (Wildman–Crippen LogP) is 13.7. The summed E-state index contributed by atoms with van der Waals surface area (Å²) in [7, 11) is 0. The zero-order valence-electron chi connectivity index (χ0n) is 26.7. The van der Waals surface area contributed by atoms with E-state index in [1.165, 1.54) is 71.3 Å². The quantitative estimate of drug-likeness (QED) is 0.178. The Morgan fingerprint density at radius 3 is 1.47 bits per heavy atom. The topological polar surface area (TPSA) is 13.1 Å². The van der Waals surface area contributed by atoms with E-state index in [-0.39, 0.29) is 0 Å². The Morgan fingerprint density at radius 2 is 0.776 bits per heavy atom. The molecular weight excluding hydrogens is 593 g/mol. The molecule has 1 nitrogen and oxygen atoms in total. The Morgan fingerprint density at radius 1 is 0.265 bits per heavy atom. The molecule has 228 valence electrons. The van der Waals surface area contributed by atoms with Gasteiger partial charge < -0.3 is 4.42 Å². The largest absolute Gasteiger partial charge is 0.456 e. The molecule has 0 amide bonds. The SMILES string of the molecule is c1ccc(-c2ccc(-c3cccc4ccc(-c5c6ccccc6c(-c6ccc7c(c6)oc6ccccc67)c6ccccc56)cc34)cc2)cc1. The van der Waals surface area contributed by atoms with Crippen LogP contribution in [0.3, 0.4) is 0 Å². The lowest BCUT2D eigenvalue weighted by atomic mass is 9.85. The highest BCUT2D eigenvalue weighted by Gasteiger charge is 2.18. The van der Waals surface area contributed by atoms with E-state index in [0.717, 1.165) is 27.5 Å². The summed E-state index contributed by atoms with van der Waals surface area (Å²) in [5.41, 5.74) is 11.6. The van der Waals surface area contributed by atoms with Gasteiger partial charge >= 0.3 is 0 Å². The highest BCUT2D eigenvalue weighted by Crippen LogP contribution is 2.45. The summed E-state index contributed by atoms with van der Waals surface area (Å²) in [6, 6.07) is 65.8. The fourth-order valence-electron chi connectivity index (χ4n) is 7.78. The van der Waals surface area contributed by atoms with Crippen LogP contribution in [-0.4, -0.2) is 0 Å². The van der Waals surface area contributed by atoms with Crippen LogP contribution >= 0.6 is 0 Å². The van der Waals surface area contributed by atoms with Gasteiger partial charge in [-0.2, -0.15) is 0 Å². The van der Waals surface area contributed by atoms with E-state index in [2.05, 4.69) is 170 Å². The average Bonchev–Trinajstić information content (AvgIpc) is 3.55. The molecule has 10 rings (SSSR count). The molecule has 0 spiro atoms. The van der Waals surface area contributed by atoms with E-state index in [4.69, 9.17) is 4.42 Å². The molecule has 0 unspecified atom stereocenters. The van der Waals surface area contributed by atoms with Crippen molar-refractivity contribution in [1.29, 1.82) is 0 Å². The normalized spacial score (nSPS) is 11.7. The maximum Gasteiger partial charge on any atom is 0.136 e. The summed E-state index contributed by atoms with van der Waals surface area (Å²) in [5, 5.41) is 9.73. The molecule has 0 saturated carbocycles. The molecule has 0 N–H and O–H groups in total. The van der Waals surface area contributed by atoms with E-state index in [1.807, 2.05) is 12.1 Å². The first-order chi connectivity index (χ1) is 24.3. The molecular formula is C48H30O. The molecule has 10 aromatic rings. The van der Waals surface area contributed by atoms with Gasteiger partial charge in [0.25, 0.3) is 0 Å². The Hall–Kier alpha value is -6.44. The zero-order chi connectivity index (χ0) is 32.3. The summed E-state index contributed by atoms with van der Waals surface area (Å²) < 4.78 is 6.35. The van der Waals surface area contributed by atoms with Crippen molar-refractivity contribution in [3.8, 4) is 44.5 Å². The van der Waals surface area contributed by atoms with Gasteiger partial charge in [0.1, 0.15) is 11.2 Å². The fourth-order valence-corrected chi connectivity index (χ4v) is 7.78. The summed E-state index contributed by atoms with van der Waals surface area (Å²) in [6.45, 7) is 0. The fraction of sp³-hybridized carbons (Fsp3) is 0. The molecule has 49 heavy (non-hydrogen) atoms. The van der Waals surface area contributed by atoms with Gasteiger partial charge in [0.05, 0.1) is 0 Å². The molecule has 9 aromatic carbocycles. The van der Waals surface area contributed by atoms with Gasteiger partial charge in [-0.15, -0.1) is 0 Å². The number of hydrogen-bond acceptors (Lipinski definition) is 1. The van der Waals surface area contributed by atoms with Gasteiger partial charge in [-0.05, 0) is 101 Å². The molecule has 1 heteroatoms. The van der Waals surface area contributed by atoms with Crippen LogP contribution in [0.4, 0.5) is 0 Å². The standard InChI is InChI=1S/C48H30O/c1-2-11-31(12-3-1)32-21-23-34(24-22-32)37-19-10-13-33-25-26-35(29-44(33)37)47-40-15-4-6-17-42(40)48(43-18-7-5-16-41(43)47)36-27-28-39-38-14-8-9-20-45(38)49-46(39)30-36/h1-30H. The van der Waals surface area contributed by atoms with Crippen LogP contribution in [0.1, 0.15) is 0 Å². The predicted molar refractivity (Wildman–Crippen MR) is 208 cm³/mol. The number of fused-ring (bicyclic) bond motifs is 6. The van der Waals surface area contributed by atoms with Gasteiger partial charge in [-0.1, -0.05) is 158 Å². The maximum atomic E-state index is 6.35. The minimum absolute atomic E-state index is 0.912. The molecule has 0 aliphatic heterocycles. The summed E-state index contributed by atoms with van der Waals surface area (Å²) in [4.78, 5) is 0. The second kappa shape index (κ2) is 11.1. The highest BCUT2D eigenvalue weighted by molar-refractivity contribution is 6.22. The van der Waals surface area contributed by atoms with Crippen molar-refractivity contribution in [3.05, 3.63) is 182 Å². The molecule has 0 fully saturated rings. The third-order valence-corrected chi connectivity index (χ3v) is 10.1. The zero-order valence-corrected chi connectivity index (χ0v) is 26.7. The van der Waals surface area contributed by atoms with E-state index in [0.29, 0.717) is 0 Å². The van der Waals surface area contributed by atoms with Crippen molar-refractivity contribution in [1.82, 2.24) is 0 Å². The number of para-hydroxylation sites is 1. The van der Waals surface area contributed by atoms with Crippen LogP contribution in [-0.2, 0) is 0 Å². The first kappa shape index (κ1) is 27.7. The van der Waals surface area contributed by atoms with Crippen molar-refractivity contribution in [3.63, 3.8) is 0 Å². The maximum absolute atomic E-state index is 6.35. The average molecular weight is 623 g/mol. The van der Waals surface area contributed by atoms with Gasteiger partial charge in [-0.25, -0.2) is 0 Å². The summed E-state index contributed by atoms with van der Waals surface area (Å²) in [5.74, 6) is 0. The smallest absolute Gasteiger partial charge is 0.136 e. The van der Waals surface area contributed by atoms with Crippen molar-refractivity contribution in [2.45, 2.75) is 0 Å². The molecule has 1 aromatic heterocycles. The van der Waals surface area contributed by atoms with Gasteiger partial charge in [0, 0.05) is 10.8 Å². The molecule has 0 saturated heterocycles. The van der Waals surface area contributed by atoms with E-state index >= 15 is 0 Å². The Balaban J connectivity index is 1.18.